The lowest BCUT2D eigenvalue weighted by Crippen LogP contribution is -2.31. The highest BCUT2D eigenvalue weighted by Gasteiger charge is 2.37. The third-order valence-electron chi connectivity index (χ3n) is 3.27. The van der Waals surface area contributed by atoms with Gasteiger partial charge in [0.25, 0.3) is 0 Å². The summed E-state index contributed by atoms with van der Waals surface area (Å²) in [6.45, 7) is 2.12. The summed E-state index contributed by atoms with van der Waals surface area (Å²) < 4.78 is 29.1. The van der Waals surface area contributed by atoms with Gasteiger partial charge in [-0.25, -0.2) is 13.8 Å². The van der Waals surface area contributed by atoms with Crippen LogP contribution in [0.2, 0.25) is 0 Å². The van der Waals surface area contributed by atoms with Crippen LogP contribution in [0.4, 0.5) is 0 Å². The van der Waals surface area contributed by atoms with Crippen molar-refractivity contribution in [2.75, 3.05) is 19.4 Å². The van der Waals surface area contributed by atoms with Gasteiger partial charge in [-0.05, 0) is 17.7 Å². The lowest BCUT2D eigenvalue weighted by atomic mass is 10.1. The number of nitrogens with one attached hydrogen (secondary N) is 2. The molecule has 2 atom stereocenters. The molecule has 1 aromatic rings. The standard InChI is InChI=1S/C12H18N2O3S/c1-3-18(15,16)11-8-13-14-12(11)9-4-6-10(17-2)7-5-9/h4-7,11-14H,3,8H2,1-2H3. The smallest absolute Gasteiger partial charge is 0.156 e. The Balaban J connectivity index is 2.26. The molecule has 2 rings (SSSR count). The lowest BCUT2D eigenvalue weighted by Gasteiger charge is -2.18. The van der Waals surface area contributed by atoms with Gasteiger partial charge in [-0.3, -0.25) is 5.43 Å². The fourth-order valence-electron chi connectivity index (χ4n) is 2.14. The Morgan fingerprint density at radius 2 is 2.00 bits per heavy atom. The Morgan fingerprint density at radius 3 is 2.56 bits per heavy atom. The van der Waals surface area contributed by atoms with Crippen LogP contribution in [0.1, 0.15) is 18.5 Å². The van der Waals surface area contributed by atoms with Crippen LogP contribution in [0.25, 0.3) is 0 Å². The maximum absolute atomic E-state index is 12.0. The monoisotopic (exact) mass is 270 g/mol. The van der Waals surface area contributed by atoms with Gasteiger partial charge in [0.05, 0.1) is 18.4 Å². The van der Waals surface area contributed by atoms with Crippen molar-refractivity contribution in [3.8, 4) is 5.75 Å². The molecule has 100 valence electrons. The average molecular weight is 270 g/mol. The molecule has 1 aliphatic rings. The molecular weight excluding hydrogens is 252 g/mol. The molecule has 2 N–H and O–H groups in total. The van der Waals surface area contributed by atoms with Crippen LogP contribution >= 0.6 is 0 Å². The van der Waals surface area contributed by atoms with E-state index in [1.165, 1.54) is 0 Å². The van der Waals surface area contributed by atoms with Gasteiger partial charge in [-0.15, -0.1) is 0 Å². The van der Waals surface area contributed by atoms with Crippen LogP contribution in [-0.2, 0) is 9.84 Å². The summed E-state index contributed by atoms with van der Waals surface area (Å²) in [6, 6.07) is 7.25. The number of benzene rings is 1. The quantitative estimate of drug-likeness (QED) is 0.841. The van der Waals surface area contributed by atoms with Crippen molar-refractivity contribution in [3.05, 3.63) is 29.8 Å². The van der Waals surface area contributed by atoms with Crippen molar-refractivity contribution in [2.24, 2.45) is 0 Å². The van der Waals surface area contributed by atoms with E-state index in [0.29, 0.717) is 6.54 Å². The van der Waals surface area contributed by atoms with Crippen LogP contribution in [0.5, 0.6) is 5.75 Å². The summed E-state index contributed by atoms with van der Waals surface area (Å²) in [7, 11) is -1.46. The fraction of sp³-hybridized carbons (Fsp3) is 0.500. The van der Waals surface area contributed by atoms with Gasteiger partial charge in [0.2, 0.25) is 0 Å². The number of hydrogen-bond acceptors (Lipinski definition) is 5. The van der Waals surface area contributed by atoms with Crippen LogP contribution in [0, 0.1) is 0 Å². The third-order valence-corrected chi connectivity index (χ3v) is 5.44. The Hall–Kier alpha value is -1.11. The van der Waals surface area contributed by atoms with Crippen molar-refractivity contribution in [1.82, 2.24) is 10.9 Å². The molecule has 18 heavy (non-hydrogen) atoms. The van der Waals surface area contributed by atoms with E-state index in [-0.39, 0.29) is 11.8 Å². The molecule has 2 unspecified atom stereocenters. The molecule has 0 radical (unpaired) electrons. The van der Waals surface area contributed by atoms with E-state index >= 15 is 0 Å². The second-order valence-electron chi connectivity index (χ2n) is 4.27. The zero-order chi connectivity index (χ0) is 13.2. The first-order valence-electron chi connectivity index (χ1n) is 5.92. The second kappa shape index (κ2) is 5.26. The predicted octanol–water partition coefficient (Wildman–Crippen LogP) is 0.647. The first-order valence-corrected chi connectivity index (χ1v) is 7.64. The van der Waals surface area contributed by atoms with Crippen LogP contribution in [0.15, 0.2) is 24.3 Å². The van der Waals surface area contributed by atoms with E-state index in [4.69, 9.17) is 4.74 Å². The van der Waals surface area contributed by atoms with Gasteiger partial charge in [-0.2, -0.15) is 0 Å². The maximum Gasteiger partial charge on any atom is 0.156 e. The summed E-state index contributed by atoms with van der Waals surface area (Å²) in [5.74, 6) is 0.924. The normalized spacial score (nSPS) is 24.1. The number of hydrazine groups is 1. The number of ether oxygens (including phenoxy) is 1. The third kappa shape index (κ3) is 2.50. The van der Waals surface area contributed by atoms with Crippen LogP contribution in [-0.4, -0.2) is 33.1 Å². The fourth-order valence-corrected chi connectivity index (χ4v) is 3.54. The largest absolute Gasteiger partial charge is 0.497 e. The highest BCUT2D eigenvalue weighted by molar-refractivity contribution is 7.92. The molecule has 0 saturated carbocycles. The van der Waals surface area contributed by atoms with E-state index in [1.54, 1.807) is 14.0 Å². The molecule has 5 nitrogen and oxygen atoms in total. The lowest BCUT2D eigenvalue weighted by molar-refractivity contribution is 0.414. The summed E-state index contributed by atoms with van der Waals surface area (Å²) in [6.07, 6.45) is 0. The van der Waals surface area contributed by atoms with Crippen molar-refractivity contribution in [2.45, 2.75) is 18.2 Å². The highest BCUT2D eigenvalue weighted by Crippen LogP contribution is 2.26. The summed E-state index contributed by atoms with van der Waals surface area (Å²) in [4.78, 5) is 0. The first kappa shape index (κ1) is 13.3. The number of sulfone groups is 1. The van der Waals surface area contributed by atoms with Gasteiger partial charge >= 0.3 is 0 Å². The number of rotatable bonds is 4. The zero-order valence-electron chi connectivity index (χ0n) is 10.5. The van der Waals surface area contributed by atoms with E-state index < -0.39 is 15.1 Å². The second-order valence-corrected chi connectivity index (χ2v) is 6.77. The summed E-state index contributed by atoms with van der Waals surface area (Å²) >= 11 is 0. The van der Waals surface area contributed by atoms with E-state index in [0.717, 1.165) is 11.3 Å². The Bertz CT molecular complexity index is 499. The molecule has 0 spiro atoms. The number of hydrogen-bond donors (Lipinski definition) is 2. The topological polar surface area (TPSA) is 67.4 Å². The minimum Gasteiger partial charge on any atom is -0.497 e. The molecule has 0 aliphatic carbocycles. The molecule has 0 bridgehead atoms. The van der Waals surface area contributed by atoms with E-state index in [1.807, 2.05) is 24.3 Å². The van der Waals surface area contributed by atoms with Gasteiger partial charge in [-0.1, -0.05) is 19.1 Å². The van der Waals surface area contributed by atoms with Gasteiger partial charge in [0.15, 0.2) is 9.84 Å². The van der Waals surface area contributed by atoms with Gasteiger partial charge < -0.3 is 4.74 Å². The van der Waals surface area contributed by atoms with E-state index in [9.17, 15) is 8.42 Å². The molecule has 1 saturated heterocycles. The molecule has 1 fully saturated rings. The van der Waals surface area contributed by atoms with Crippen LogP contribution in [0.3, 0.4) is 0 Å². The van der Waals surface area contributed by atoms with Gasteiger partial charge in [0.1, 0.15) is 5.75 Å². The first-order chi connectivity index (χ1) is 8.58. The molecular formula is C12H18N2O3S. The zero-order valence-corrected chi connectivity index (χ0v) is 11.3. The Labute approximate surface area is 107 Å². The maximum atomic E-state index is 12.0. The highest BCUT2D eigenvalue weighted by atomic mass is 32.2. The van der Waals surface area contributed by atoms with Crippen LogP contribution < -0.4 is 15.6 Å². The molecule has 6 heteroatoms. The minimum absolute atomic E-state index is 0.160. The Morgan fingerprint density at radius 1 is 1.33 bits per heavy atom. The summed E-state index contributed by atoms with van der Waals surface area (Å²) in [5, 5.41) is -0.420. The van der Waals surface area contributed by atoms with Gasteiger partial charge in [0, 0.05) is 12.3 Å². The van der Waals surface area contributed by atoms with Crippen molar-refractivity contribution < 1.29 is 13.2 Å². The Kier molecular flexibility index (Phi) is 3.89. The summed E-state index contributed by atoms with van der Waals surface area (Å²) in [5.41, 5.74) is 6.91. The van der Waals surface area contributed by atoms with Crippen molar-refractivity contribution in [1.29, 1.82) is 0 Å². The SMILES string of the molecule is CCS(=O)(=O)C1CNNC1c1ccc(OC)cc1. The molecule has 1 aromatic carbocycles. The van der Waals surface area contributed by atoms with E-state index in [2.05, 4.69) is 10.9 Å². The molecule has 0 amide bonds. The van der Waals surface area contributed by atoms with Crippen molar-refractivity contribution >= 4 is 9.84 Å². The van der Waals surface area contributed by atoms with Crippen molar-refractivity contribution in [3.63, 3.8) is 0 Å². The average Bonchev–Trinajstić information content (AvgIpc) is 2.89. The predicted molar refractivity (Wildman–Crippen MR) is 70.1 cm³/mol. The molecule has 1 aliphatic heterocycles. The molecule has 0 aromatic heterocycles. The number of methoxy groups -OCH3 is 1. The minimum atomic E-state index is -3.07. The molecule has 1 heterocycles.